The van der Waals surface area contributed by atoms with E-state index in [9.17, 15) is 9.59 Å². The minimum absolute atomic E-state index is 0.116. The van der Waals surface area contributed by atoms with E-state index in [1.165, 1.54) is 6.26 Å². The largest absolute Gasteiger partial charge is 0.459 e. The average molecular weight is 372 g/mol. The number of hydrogen-bond donors (Lipinski definition) is 1. The SMILES string of the molecule is CN(C)CCNC(=O)c1ccnc(N2CCN(C(=O)c3ccco3)CC2)n1. The van der Waals surface area contributed by atoms with Crippen molar-refractivity contribution in [3.8, 4) is 0 Å². The standard InChI is InChI=1S/C18H24N6O3/c1-22(2)8-7-19-16(25)14-5-6-20-18(21-14)24-11-9-23(10-12-24)17(26)15-4-3-13-27-15/h3-6,13H,7-12H2,1-2H3,(H,19,25). The summed E-state index contributed by atoms with van der Waals surface area (Å²) in [6.07, 6.45) is 3.08. The fraction of sp³-hybridized carbons (Fsp3) is 0.444. The summed E-state index contributed by atoms with van der Waals surface area (Å²) >= 11 is 0. The Balaban J connectivity index is 1.56. The molecule has 0 bridgehead atoms. The van der Waals surface area contributed by atoms with Crippen LogP contribution in [0.3, 0.4) is 0 Å². The maximum Gasteiger partial charge on any atom is 0.289 e. The maximum absolute atomic E-state index is 12.3. The van der Waals surface area contributed by atoms with Crippen molar-refractivity contribution < 1.29 is 14.0 Å². The number of carbonyl (C=O) groups excluding carboxylic acids is 2. The summed E-state index contributed by atoms with van der Waals surface area (Å²) < 4.78 is 5.17. The number of nitrogens with zero attached hydrogens (tertiary/aromatic N) is 5. The fourth-order valence-electron chi connectivity index (χ4n) is 2.78. The second-order valence-electron chi connectivity index (χ2n) is 6.56. The van der Waals surface area contributed by atoms with Crippen molar-refractivity contribution >= 4 is 17.8 Å². The predicted octanol–water partition coefficient (Wildman–Crippen LogP) is 0.323. The van der Waals surface area contributed by atoms with Crippen LogP contribution in [0.2, 0.25) is 0 Å². The van der Waals surface area contributed by atoms with Crippen LogP contribution < -0.4 is 10.2 Å². The molecule has 3 heterocycles. The molecule has 1 fully saturated rings. The van der Waals surface area contributed by atoms with Crippen LogP contribution in [0, 0.1) is 0 Å². The highest BCUT2D eigenvalue weighted by molar-refractivity contribution is 5.92. The third kappa shape index (κ3) is 4.82. The zero-order valence-electron chi connectivity index (χ0n) is 15.6. The predicted molar refractivity (Wildman–Crippen MR) is 99.7 cm³/mol. The van der Waals surface area contributed by atoms with Gasteiger partial charge < -0.3 is 24.4 Å². The van der Waals surface area contributed by atoms with Gasteiger partial charge in [-0.3, -0.25) is 9.59 Å². The number of aromatic nitrogens is 2. The summed E-state index contributed by atoms with van der Waals surface area (Å²) in [6, 6.07) is 4.97. The summed E-state index contributed by atoms with van der Waals surface area (Å²) in [4.78, 5) is 38.9. The van der Waals surface area contributed by atoms with Gasteiger partial charge in [-0.2, -0.15) is 0 Å². The summed E-state index contributed by atoms with van der Waals surface area (Å²) in [5, 5.41) is 2.85. The minimum atomic E-state index is -0.216. The zero-order chi connectivity index (χ0) is 19.2. The quantitative estimate of drug-likeness (QED) is 0.780. The Morgan fingerprint density at radius 3 is 2.67 bits per heavy atom. The molecule has 0 unspecified atom stereocenters. The number of likely N-dealkylation sites (N-methyl/N-ethyl adjacent to an activating group) is 1. The lowest BCUT2D eigenvalue weighted by Gasteiger charge is -2.34. The lowest BCUT2D eigenvalue weighted by Crippen LogP contribution is -2.49. The van der Waals surface area contributed by atoms with Crippen molar-refractivity contribution in [3.05, 3.63) is 42.1 Å². The van der Waals surface area contributed by atoms with E-state index in [0.717, 1.165) is 6.54 Å². The molecule has 0 atom stereocenters. The van der Waals surface area contributed by atoms with Crippen molar-refractivity contribution in [3.63, 3.8) is 0 Å². The number of nitrogens with one attached hydrogen (secondary N) is 1. The first-order valence-corrected chi connectivity index (χ1v) is 8.88. The molecule has 144 valence electrons. The molecule has 1 N–H and O–H groups in total. The van der Waals surface area contributed by atoms with Crippen LogP contribution in [0.5, 0.6) is 0 Å². The van der Waals surface area contributed by atoms with E-state index in [0.29, 0.717) is 50.1 Å². The highest BCUT2D eigenvalue weighted by atomic mass is 16.3. The maximum atomic E-state index is 12.3. The number of rotatable bonds is 6. The van der Waals surface area contributed by atoms with Crippen LogP contribution in [0.4, 0.5) is 5.95 Å². The number of hydrogen-bond acceptors (Lipinski definition) is 7. The van der Waals surface area contributed by atoms with Gasteiger partial charge in [0.05, 0.1) is 6.26 Å². The lowest BCUT2D eigenvalue weighted by atomic mass is 10.3. The molecule has 9 heteroatoms. The molecule has 0 aromatic carbocycles. The number of furan rings is 1. The van der Waals surface area contributed by atoms with Gasteiger partial charge >= 0.3 is 0 Å². The smallest absolute Gasteiger partial charge is 0.289 e. The first kappa shape index (κ1) is 18.8. The Hall–Kier alpha value is -2.94. The van der Waals surface area contributed by atoms with Gasteiger partial charge in [-0.25, -0.2) is 9.97 Å². The third-order valence-electron chi connectivity index (χ3n) is 4.30. The van der Waals surface area contributed by atoms with Crippen LogP contribution in [0.15, 0.2) is 35.1 Å². The van der Waals surface area contributed by atoms with Gasteiger partial charge in [-0.05, 0) is 32.3 Å². The summed E-state index contributed by atoms with van der Waals surface area (Å²) in [7, 11) is 3.90. The molecule has 0 aliphatic carbocycles. The Morgan fingerprint density at radius 1 is 1.22 bits per heavy atom. The van der Waals surface area contributed by atoms with E-state index in [1.807, 2.05) is 23.9 Å². The topological polar surface area (TPSA) is 94.8 Å². The zero-order valence-corrected chi connectivity index (χ0v) is 15.6. The molecule has 0 radical (unpaired) electrons. The van der Waals surface area contributed by atoms with Gasteiger partial charge in [-0.15, -0.1) is 0 Å². The molecule has 27 heavy (non-hydrogen) atoms. The monoisotopic (exact) mass is 372 g/mol. The first-order valence-electron chi connectivity index (χ1n) is 8.88. The number of piperazine rings is 1. The molecule has 1 aliphatic heterocycles. The minimum Gasteiger partial charge on any atom is -0.459 e. The van der Waals surface area contributed by atoms with Gasteiger partial charge in [0.2, 0.25) is 5.95 Å². The van der Waals surface area contributed by atoms with E-state index in [2.05, 4.69) is 15.3 Å². The molecule has 1 aliphatic rings. The number of carbonyl (C=O) groups is 2. The molecule has 3 rings (SSSR count). The van der Waals surface area contributed by atoms with Gasteiger partial charge in [0.1, 0.15) is 5.69 Å². The van der Waals surface area contributed by atoms with Gasteiger partial charge in [0, 0.05) is 45.5 Å². The second-order valence-corrected chi connectivity index (χ2v) is 6.56. The van der Waals surface area contributed by atoms with Crippen molar-refractivity contribution in [2.24, 2.45) is 0 Å². The van der Waals surface area contributed by atoms with Gasteiger partial charge in [0.25, 0.3) is 11.8 Å². The van der Waals surface area contributed by atoms with Crippen LogP contribution in [-0.4, -0.2) is 84.9 Å². The molecule has 2 aromatic heterocycles. The van der Waals surface area contributed by atoms with Crippen LogP contribution in [-0.2, 0) is 0 Å². The second kappa shape index (κ2) is 8.63. The molecule has 2 amide bonds. The highest BCUT2D eigenvalue weighted by Crippen LogP contribution is 2.14. The Bertz CT molecular complexity index is 769. The average Bonchev–Trinajstić information content (AvgIpc) is 3.22. The molecular weight excluding hydrogens is 348 g/mol. The normalized spacial score (nSPS) is 14.5. The first-order chi connectivity index (χ1) is 13.0. The molecule has 1 saturated heterocycles. The summed E-state index contributed by atoms with van der Waals surface area (Å²) in [5.74, 6) is 0.512. The van der Waals surface area contributed by atoms with E-state index < -0.39 is 0 Å². The molecule has 0 spiro atoms. The van der Waals surface area contributed by atoms with E-state index in [4.69, 9.17) is 4.42 Å². The van der Waals surface area contributed by atoms with E-state index in [-0.39, 0.29) is 11.8 Å². The van der Waals surface area contributed by atoms with Crippen molar-refractivity contribution in [2.75, 3.05) is 58.3 Å². The Labute approximate surface area is 158 Å². The van der Waals surface area contributed by atoms with Crippen LogP contribution >= 0.6 is 0 Å². The Morgan fingerprint density at radius 2 is 2.00 bits per heavy atom. The van der Waals surface area contributed by atoms with E-state index >= 15 is 0 Å². The van der Waals surface area contributed by atoms with E-state index in [1.54, 1.807) is 29.3 Å². The third-order valence-corrected chi connectivity index (χ3v) is 4.30. The summed E-state index contributed by atoms with van der Waals surface area (Å²) in [6.45, 7) is 3.59. The van der Waals surface area contributed by atoms with Crippen molar-refractivity contribution in [2.45, 2.75) is 0 Å². The molecule has 0 saturated carbocycles. The molecule has 9 nitrogen and oxygen atoms in total. The van der Waals surface area contributed by atoms with Gasteiger partial charge in [-0.1, -0.05) is 0 Å². The van der Waals surface area contributed by atoms with Crippen LogP contribution in [0.25, 0.3) is 0 Å². The fourth-order valence-corrected chi connectivity index (χ4v) is 2.78. The number of anilines is 1. The number of amides is 2. The van der Waals surface area contributed by atoms with Crippen molar-refractivity contribution in [1.82, 2.24) is 25.1 Å². The van der Waals surface area contributed by atoms with Crippen LogP contribution in [0.1, 0.15) is 21.0 Å². The van der Waals surface area contributed by atoms with Crippen molar-refractivity contribution in [1.29, 1.82) is 0 Å². The highest BCUT2D eigenvalue weighted by Gasteiger charge is 2.25. The molecule has 2 aromatic rings. The molecular formula is C18H24N6O3. The lowest BCUT2D eigenvalue weighted by molar-refractivity contribution is 0.0714. The Kier molecular flexibility index (Phi) is 6.02. The van der Waals surface area contributed by atoms with Gasteiger partial charge in [0.15, 0.2) is 5.76 Å². The summed E-state index contributed by atoms with van der Waals surface area (Å²) in [5.41, 5.74) is 0.341.